The molecule has 0 saturated heterocycles. The lowest BCUT2D eigenvalue weighted by atomic mass is 10.5. The van der Waals surface area contributed by atoms with Crippen molar-refractivity contribution in [3.63, 3.8) is 0 Å². The average Bonchev–Trinajstić information content (AvgIpc) is 1.80. The molecule has 3 N–H and O–H groups in total. The lowest BCUT2D eigenvalue weighted by Crippen LogP contribution is -2.33. The van der Waals surface area contributed by atoms with Gasteiger partial charge in [-0.2, -0.15) is 8.42 Å². The molecule has 0 radical (unpaired) electrons. The second-order valence-corrected chi connectivity index (χ2v) is 4.06. The molecule has 0 aromatic rings. The zero-order chi connectivity index (χ0) is 9.78. The average molecular weight is 196 g/mol. The molecule has 0 aliphatic heterocycles. The van der Waals surface area contributed by atoms with Gasteiger partial charge in [-0.25, -0.2) is 0 Å². The standard InChI is InChI=1S/C5H12N2O4S/c1-7(4-5(6)8)2-3-12(9,10)11/h2-4H2,1H3,(H2,6,8)(H,9,10,11). The van der Waals surface area contributed by atoms with E-state index in [2.05, 4.69) is 0 Å². The summed E-state index contributed by atoms with van der Waals surface area (Å²) in [5.41, 5.74) is 4.84. The van der Waals surface area contributed by atoms with Gasteiger partial charge in [0, 0.05) is 6.54 Å². The third-order valence-electron chi connectivity index (χ3n) is 1.16. The number of carbonyl (C=O) groups excluding carboxylic acids is 1. The van der Waals surface area contributed by atoms with Crippen molar-refractivity contribution >= 4 is 16.0 Å². The van der Waals surface area contributed by atoms with Crippen LogP contribution in [-0.2, 0) is 14.9 Å². The topological polar surface area (TPSA) is 101 Å². The first-order valence-corrected chi connectivity index (χ1v) is 4.84. The molecule has 0 aliphatic carbocycles. The van der Waals surface area contributed by atoms with Crippen LogP contribution in [0.2, 0.25) is 0 Å². The maximum absolute atomic E-state index is 10.3. The Balaban J connectivity index is 3.72. The molecule has 0 fully saturated rings. The third-order valence-corrected chi connectivity index (χ3v) is 1.86. The summed E-state index contributed by atoms with van der Waals surface area (Å²) in [5, 5.41) is 0. The van der Waals surface area contributed by atoms with E-state index in [0.29, 0.717) is 0 Å². The number of nitrogens with two attached hydrogens (primary N) is 1. The molecule has 0 heterocycles. The maximum Gasteiger partial charge on any atom is 0.266 e. The molecule has 72 valence electrons. The van der Waals surface area contributed by atoms with Crippen molar-refractivity contribution in [2.75, 3.05) is 25.9 Å². The van der Waals surface area contributed by atoms with Crippen LogP contribution in [0.15, 0.2) is 0 Å². The Kier molecular flexibility index (Phi) is 4.15. The van der Waals surface area contributed by atoms with Crippen LogP contribution < -0.4 is 5.73 Å². The van der Waals surface area contributed by atoms with Gasteiger partial charge in [-0.3, -0.25) is 14.2 Å². The van der Waals surface area contributed by atoms with E-state index in [1.807, 2.05) is 0 Å². The van der Waals surface area contributed by atoms with Crippen molar-refractivity contribution in [1.29, 1.82) is 0 Å². The van der Waals surface area contributed by atoms with Crippen molar-refractivity contribution in [2.24, 2.45) is 5.73 Å². The molecule has 0 saturated carbocycles. The highest BCUT2D eigenvalue weighted by Gasteiger charge is 2.08. The summed E-state index contributed by atoms with van der Waals surface area (Å²) in [6.07, 6.45) is 0. The van der Waals surface area contributed by atoms with Gasteiger partial charge in [0.25, 0.3) is 10.1 Å². The minimum absolute atomic E-state index is 0.0183. The van der Waals surface area contributed by atoms with E-state index in [1.165, 1.54) is 11.9 Å². The molecule has 0 bridgehead atoms. The first-order chi connectivity index (χ1) is 5.31. The molecular formula is C5H12N2O4S. The van der Waals surface area contributed by atoms with Crippen molar-refractivity contribution in [2.45, 2.75) is 0 Å². The highest BCUT2D eigenvalue weighted by Crippen LogP contribution is 1.86. The largest absolute Gasteiger partial charge is 0.369 e. The summed E-state index contributed by atoms with van der Waals surface area (Å²) < 4.78 is 28.8. The summed E-state index contributed by atoms with van der Waals surface area (Å²) in [6.45, 7) is 0.0668. The molecule has 0 aromatic heterocycles. The van der Waals surface area contributed by atoms with Gasteiger partial charge in [-0.1, -0.05) is 0 Å². The van der Waals surface area contributed by atoms with E-state index in [1.54, 1.807) is 0 Å². The van der Waals surface area contributed by atoms with E-state index in [0.717, 1.165) is 0 Å². The van der Waals surface area contributed by atoms with Crippen LogP contribution >= 0.6 is 0 Å². The highest BCUT2D eigenvalue weighted by molar-refractivity contribution is 7.85. The van der Waals surface area contributed by atoms with E-state index < -0.39 is 21.8 Å². The third kappa shape index (κ3) is 7.45. The summed E-state index contributed by atoms with van der Waals surface area (Å²) in [4.78, 5) is 11.7. The second kappa shape index (κ2) is 4.39. The first-order valence-electron chi connectivity index (χ1n) is 3.23. The quantitative estimate of drug-likeness (QED) is 0.510. The SMILES string of the molecule is CN(CCS(=O)(=O)O)CC(N)=O. The number of nitrogens with zero attached hydrogens (tertiary/aromatic N) is 1. The molecule has 0 aromatic carbocycles. The van der Waals surface area contributed by atoms with Gasteiger partial charge >= 0.3 is 0 Å². The number of hydrogen-bond acceptors (Lipinski definition) is 4. The summed E-state index contributed by atoms with van der Waals surface area (Å²) in [5.74, 6) is -0.926. The molecule has 0 unspecified atom stereocenters. The second-order valence-electron chi connectivity index (χ2n) is 2.49. The Hall–Kier alpha value is -0.660. The number of likely N-dealkylation sites (N-methyl/N-ethyl adjacent to an activating group) is 1. The number of hydrogen-bond donors (Lipinski definition) is 2. The number of primary amides is 1. The Labute approximate surface area is 71.1 Å². The highest BCUT2D eigenvalue weighted by atomic mass is 32.2. The lowest BCUT2D eigenvalue weighted by molar-refractivity contribution is -0.118. The minimum Gasteiger partial charge on any atom is -0.369 e. The smallest absolute Gasteiger partial charge is 0.266 e. The fourth-order valence-corrected chi connectivity index (χ4v) is 1.16. The molecule has 6 nitrogen and oxygen atoms in total. The van der Waals surface area contributed by atoms with Gasteiger partial charge in [0.1, 0.15) is 0 Å². The van der Waals surface area contributed by atoms with Gasteiger partial charge in [0.2, 0.25) is 5.91 Å². The van der Waals surface area contributed by atoms with Crippen molar-refractivity contribution in [3.05, 3.63) is 0 Å². The lowest BCUT2D eigenvalue weighted by Gasteiger charge is -2.12. The number of amides is 1. The van der Waals surface area contributed by atoms with E-state index in [-0.39, 0.29) is 13.1 Å². The van der Waals surface area contributed by atoms with E-state index in [4.69, 9.17) is 10.3 Å². The van der Waals surface area contributed by atoms with Crippen LogP contribution in [0.1, 0.15) is 0 Å². The van der Waals surface area contributed by atoms with Crippen LogP contribution in [0, 0.1) is 0 Å². The number of rotatable bonds is 5. The Morgan fingerprint density at radius 1 is 1.58 bits per heavy atom. The fraction of sp³-hybridized carbons (Fsp3) is 0.800. The van der Waals surface area contributed by atoms with Crippen molar-refractivity contribution < 1.29 is 17.8 Å². The molecule has 0 spiro atoms. The Bertz CT molecular complexity index is 248. The number of carbonyl (C=O) groups is 1. The molecule has 0 atom stereocenters. The molecule has 1 amide bonds. The fourth-order valence-electron chi connectivity index (χ4n) is 0.616. The van der Waals surface area contributed by atoms with Crippen LogP contribution in [0.4, 0.5) is 0 Å². The predicted molar refractivity (Wildman–Crippen MR) is 43.1 cm³/mol. The van der Waals surface area contributed by atoms with Gasteiger partial charge in [0.05, 0.1) is 12.3 Å². The van der Waals surface area contributed by atoms with Crippen LogP contribution in [-0.4, -0.2) is 49.7 Å². The predicted octanol–water partition coefficient (Wildman–Crippen LogP) is -1.71. The van der Waals surface area contributed by atoms with E-state index in [9.17, 15) is 13.2 Å². The molecule has 12 heavy (non-hydrogen) atoms. The Morgan fingerprint density at radius 3 is 2.42 bits per heavy atom. The summed E-state index contributed by atoms with van der Waals surface area (Å²) in [7, 11) is -2.41. The van der Waals surface area contributed by atoms with Gasteiger partial charge < -0.3 is 5.73 Å². The molecule has 0 rings (SSSR count). The van der Waals surface area contributed by atoms with Crippen molar-refractivity contribution in [1.82, 2.24) is 4.90 Å². The van der Waals surface area contributed by atoms with Crippen LogP contribution in [0.3, 0.4) is 0 Å². The maximum atomic E-state index is 10.3. The van der Waals surface area contributed by atoms with Gasteiger partial charge in [0.15, 0.2) is 0 Å². The first kappa shape index (κ1) is 11.3. The molecule has 7 heteroatoms. The van der Waals surface area contributed by atoms with Gasteiger partial charge in [-0.05, 0) is 7.05 Å². The van der Waals surface area contributed by atoms with Gasteiger partial charge in [-0.15, -0.1) is 0 Å². The van der Waals surface area contributed by atoms with E-state index >= 15 is 0 Å². The minimum atomic E-state index is -3.95. The zero-order valence-electron chi connectivity index (χ0n) is 6.73. The van der Waals surface area contributed by atoms with Crippen molar-refractivity contribution in [3.8, 4) is 0 Å². The summed E-state index contributed by atoms with van der Waals surface area (Å²) in [6, 6.07) is 0. The van der Waals surface area contributed by atoms with Crippen LogP contribution in [0.25, 0.3) is 0 Å². The normalized spacial score (nSPS) is 11.9. The zero-order valence-corrected chi connectivity index (χ0v) is 7.54. The molecular weight excluding hydrogens is 184 g/mol. The monoisotopic (exact) mass is 196 g/mol. The molecule has 0 aliphatic rings. The Morgan fingerprint density at radius 2 is 2.08 bits per heavy atom. The van der Waals surface area contributed by atoms with Crippen LogP contribution in [0.5, 0.6) is 0 Å². The summed E-state index contributed by atoms with van der Waals surface area (Å²) >= 11 is 0.